The lowest BCUT2D eigenvalue weighted by Crippen LogP contribution is -2.08. The van der Waals surface area contributed by atoms with Crippen molar-refractivity contribution in [2.75, 3.05) is 18.8 Å². The summed E-state index contributed by atoms with van der Waals surface area (Å²) < 4.78 is 27.4. The molecule has 1 rings (SSSR count). The minimum absolute atomic E-state index is 0. The Morgan fingerprint density at radius 3 is 2.40 bits per heavy atom. The van der Waals surface area contributed by atoms with Crippen molar-refractivity contribution in [1.29, 1.82) is 0 Å². The number of benzene rings is 1. The van der Waals surface area contributed by atoms with Crippen LogP contribution in [0.2, 0.25) is 0 Å². The molecule has 0 saturated carbocycles. The van der Waals surface area contributed by atoms with Crippen molar-refractivity contribution in [3.8, 4) is 5.75 Å². The van der Waals surface area contributed by atoms with Gasteiger partial charge in [-0.15, -0.1) is 12.4 Å². The topological polar surface area (TPSA) is 81.4 Å². The fraction of sp³-hybridized carbons (Fsp3) is 0.250. The van der Waals surface area contributed by atoms with Crippen LogP contribution in [0.15, 0.2) is 23.1 Å². The van der Waals surface area contributed by atoms with Gasteiger partial charge in [0.1, 0.15) is 5.75 Å². The van der Waals surface area contributed by atoms with E-state index in [1.54, 1.807) is 6.07 Å². The Labute approximate surface area is 94.9 Å². The van der Waals surface area contributed by atoms with Crippen molar-refractivity contribution in [2.24, 2.45) is 5.84 Å². The van der Waals surface area contributed by atoms with E-state index < -0.39 is 9.84 Å². The van der Waals surface area contributed by atoms with Crippen LogP contribution in [0.25, 0.3) is 0 Å². The van der Waals surface area contributed by atoms with E-state index in [0.29, 0.717) is 11.4 Å². The summed E-state index contributed by atoms with van der Waals surface area (Å²) >= 11 is 0. The maximum absolute atomic E-state index is 11.2. The predicted octanol–water partition coefficient (Wildman–Crippen LogP) is 0.806. The van der Waals surface area contributed by atoms with E-state index in [0.717, 1.165) is 6.26 Å². The van der Waals surface area contributed by atoms with Crippen molar-refractivity contribution < 1.29 is 13.2 Å². The number of ether oxygens (including phenoxy) is 1. The van der Waals surface area contributed by atoms with Gasteiger partial charge in [0.2, 0.25) is 0 Å². The Balaban J connectivity index is 0.00000196. The van der Waals surface area contributed by atoms with Crippen LogP contribution in [-0.4, -0.2) is 21.8 Å². The molecule has 7 heteroatoms. The summed E-state index contributed by atoms with van der Waals surface area (Å²) in [6.45, 7) is 0. The molecule has 0 amide bonds. The maximum atomic E-state index is 11.2. The molecule has 0 aliphatic heterocycles. The minimum Gasteiger partial charge on any atom is -0.494 e. The van der Waals surface area contributed by atoms with Crippen molar-refractivity contribution >= 4 is 27.9 Å². The summed E-state index contributed by atoms with van der Waals surface area (Å²) in [6, 6.07) is 4.44. The number of nitrogens with one attached hydrogen (secondary N) is 1. The number of hydrogen-bond acceptors (Lipinski definition) is 5. The van der Waals surface area contributed by atoms with Crippen molar-refractivity contribution in [3.05, 3.63) is 18.2 Å². The quantitative estimate of drug-likeness (QED) is 0.615. The molecule has 86 valence electrons. The van der Waals surface area contributed by atoms with Gasteiger partial charge in [-0.3, -0.25) is 5.84 Å². The SMILES string of the molecule is COc1cc(S(C)(=O)=O)ccc1NN.Cl. The van der Waals surface area contributed by atoms with Gasteiger partial charge in [0.15, 0.2) is 9.84 Å². The van der Waals surface area contributed by atoms with Gasteiger partial charge in [-0.1, -0.05) is 0 Å². The minimum atomic E-state index is -3.21. The Morgan fingerprint density at radius 1 is 1.40 bits per heavy atom. The number of sulfone groups is 1. The number of rotatable bonds is 3. The molecule has 0 fully saturated rings. The van der Waals surface area contributed by atoms with E-state index in [1.807, 2.05) is 0 Å². The molecule has 5 nitrogen and oxygen atoms in total. The first-order chi connectivity index (χ1) is 6.49. The van der Waals surface area contributed by atoms with E-state index in [1.165, 1.54) is 19.2 Å². The normalized spacial score (nSPS) is 10.3. The van der Waals surface area contributed by atoms with Crippen LogP contribution < -0.4 is 16.0 Å². The second-order valence-corrected chi connectivity index (χ2v) is 4.79. The molecule has 15 heavy (non-hydrogen) atoms. The number of nitrogens with two attached hydrogens (primary N) is 1. The molecule has 0 heterocycles. The van der Waals surface area contributed by atoms with Gasteiger partial charge in [-0.25, -0.2) is 8.42 Å². The lowest BCUT2D eigenvalue weighted by Gasteiger charge is -2.08. The van der Waals surface area contributed by atoms with Crippen molar-refractivity contribution in [3.63, 3.8) is 0 Å². The maximum Gasteiger partial charge on any atom is 0.175 e. The molecule has 0 spiro atoms. The summed E-state index contributed by atoms with van der Waals surface area (Å²) in [5.74, 6) is 5.60. The molecule has 0 aliphatic rings. The van der Waals surface area contributed by atoms with Crippen LogP contribution in [0.1, 0.15) is 0 Å². The van der Waals surface area contributed by atoms with Gasteiger partial charge in [-0.05, 0) is 12.1 Å². The second kappa shape index (κ2) is 5.20. The first-order valence-electron chi connectivity index (χ1n) is 3.83. The highest BCUT2D eigenvalue weighted by Crippen LogP contribution is 2.26. The van der Waals surface area contributed by atoms with E-state index in [9.17, 15) is 8.42 Å². The molecule has 0 radical (unpaired) electrons. The number of methoxy groups -OCH3 is 1. The lowest BCUT2D eigenvalue weighted by atomic mass is 10.3. The number of hydrogen-bond donors (Lipinski definition) is 2. The number of anilines is 1. The zero-order chi connectivity index (χ0) is 10.8. The summed E-state index contributed by atoms with van der Waals surface area (Å²) in [5, 5.41) is 0. The lowest BCUT2D eigenvalue weighted by molar-refractivity contribution is 0.415. The first-order valence-corrected chi connectivity index (χ1v) is 5.73. The molecular weight excluding hydrogens is 240 g/mol. The highest BCUT2D eigenvalue weighted by molar-refractivity contribution is 7.90. The number of halogens is 1. The average Bonchev–Trinajstić information content (AvgIpc) is 2.15. The zero-order valence-electron chi connectivity index (χ0n) is 8.35. The number of nitrogen functional groups attached to an aromatic ring is 1. The van der Waals surface area contributed by atoms with E-state index in [-0.39, 0.29) is 17.3 Å². The van der Waals surface area contributed by atoms with Crippen molar-refractivity contribution in [1.82, 2.24) is 0 Å². The van der Waals surface area contributed by atoms with E-state index >= 15 is 0 Å². The number of hydrazine groups is 1. The molecule has 0 atom stereocenters. The third-order valence-corrected chi connectivity index (χ3v) is 2.87. The van der Waals surface area contributed by atoms with Crippen LogP contribution in [0, 0.1) is 0 Å². The predicted molar refractivity (Wildman–Crippen MR) is 61.2 cm³/mol. The van der Waals surface area contributed by atoms with Crippen LogP contribution in [0.5, 0.6) is 5.75 Å². The molecule has 1 aromatic rings. The van der Waals surface area contributed by atoms with Gasteiger partial charge in [0.05, 0.1) is 17.7 Å². The molecule has 0 bridgehead atoms. The van der Waals surface area contributed by atoms with Crippen LogP contribution in [-0.2, 0) is 9.84 Å². The summed E-state index contributed by atoms with van der Waals surface area (Å²) in [6.07, 6.45) is 1.14. The Kier molecular flexibility index (Phi) is 4.86. The van der Waals surface area contributed by atoms with Crippen molar-refractivity contribution in [2.45, 2.75) is 4.90 Å². The summed E-state index contributed by atoms with van der Waals surface area (Å²) in [4.78, 5) is 0.202. The molecule has 1 aromatic carbocycles. The smallest absolute Gasteiger partial charge is 0.175 e. The summed E-state index contributed by atoms with van der Waals surface area (Å²) in [7, 11) is -1.76. The zero-order valence-corrected chi connectivity index (χ0v) is 9.98. The highest BCUT2D eigenvalue weighted by Gasteiger charge is 2.10. The Hall–Kier alpha value is -0.980. The van der Waals surface area contributed by atoms with Gasteiger partial charge in [0.25, 0.3) is 0 Å². The largest absolute Gasteiger partial charge is 0.494 e. The Morgan fingerprint density at radius 2 is 2.00 bits per heavy atom. The molecule has 0 unspecified atom stereocenters. The average molecular weight is 253 g/mol. The van der Waals surface area contributed by atoms with Crippen LogP contribution in [0.4, 0.5) is 5.69 Å². The molecular formula is C8H13ClN2O3S. The van der Waals surface area contributed by atoms with Gasteiger partial charge >= 0.3 is 0 Å². The fourth-order valence-corrected chi connectivity index (χ4v) is 1.66. The van der Waals surface area contributed by atoms with E-state index in [2.05, 4.69) is 5.43 Å². The molecule has 3 N–H and O–H groups in total. The molecule has 0 saturated heterocycles. The fourth-order valence-electron chi connectivity index (χ4n) is 1.02. The highest BCUT2D eigenvalue weighted by atomic mass is 35.5. The Bertz CT molecular complexity index is 434. The van der Waals surface area contributed by atoms with E-state index in [4.69, 9.17) is 10.6 Å². The third kappa shape index (κ3) is 3.26. The molecule has 0 aliphatic carbocycles. The van der Waals surface area contributed by atoms with Crippen LogP contribution in [0.3, 0.4) is 0 Å². The van der Waals surface area contributed by atoms with Gasteiger partial charge in [-0.2, -0.15) is 0 Å². The monoisotopic (exact) mass is 252 g/mol. The first kappa shape index (κ1) is 14.0. The van der Waals surface area contributed by atoms with Crippen LogP contribution >= 0.6 is 12.4 Å². The standard InChI is InChI=1S/C8H12N2O3S.ClH/c1-13-8-5-6(14(2,11)12)3-4-7(8)10-9;/h3-5,10H,9H2,1-2H3;1H. The summed E-state index contributed by atoms with van der Waals surface area (Å²) in [5.41, 5.74) is 2.95. The second-order valence-electron chi connectivity index (χ2n) is 2.78. The van der Waals surface area contributed by atoms with Gasteiger partial charge in [0, 0.05) is 12.3 Å². The molecule has 0 aromatic heterocycles. The third-order valence-electron chi connectivity index (χ3n) is 1.76. The van der Waals surface area contributed by atoms with Gasteiger partial charge < -0.3 is 10.2 Å².